The molecular weight excluding hydrogens is 326 g/mol. The molecule has 0 N–H and O–H groups in total. The van der Waals surface area contributed by atoms with Gasteiger partial charge in [-0.25, -0.2) is 9.79 Å². The fourth-order valence-corrected chi connectivity index (χ4v) is 2.55. The Morgan fingerprint density at radius 1 is 1.21 bits per heavy atom. The molecule has 0 amide bonds. The molecule has 1 aliphatic heterocycles. The third-order valence-corrected chi connectivity index (χ3v) is 3.86. The maximum absolute atomic E-state index is 12.1. The molecule has 5 heteroatoms. The van der Waals surface area contributed by atoms with Gasteiger partial charge >= 0.3 is 5.97 Å². The number of cyclic esters (lactones) is 1. The van der Waals surface area contributed by atoms with E-state index in [9.17, 15) is 4.79 Å². The van der Waals surface area contributed by atoms with Crippen LogP contribution in [0.25, 0.3) is 6.08 Å². The third kappa shape index (κ3) is 3.66. The summed E-state index contributed by atoms with van der Waals surface area (Å²) >= 11 is 5.87. The van der Waals surface area contributed by atoms with Crippen LogP contribution in [-0.4, -0.2) is 19.0 Å². The molecule has 2 aromatic carbocycles. The summed E-state index contributed by atoms with van der Waals surface area (Å²) in [6.07, 6.45) is 2.12. The Hall–Kier alpha value is -2.59. The Labute approximate surface area is 145 Å². The normalized spacial score (nSPS) is 15.4. The standard InChI is InChI=1S/C19H16ClNO3/c1-12-3-8-17(23-2)14(9-12)11-16-19(22)24-18(21-16)10-13-4-6-15(20)7-5-13/h3-9,11H,10H2,1-2H3/b16-11+. The molecule has 0 atom stereocenters. The van der Waals surface area contributed by atoms with Gasteiger partial charge in [-0.05, 0) is 42.8 Å². The Balaban J connectivity index is 1.86. The topological polar surface area (TPSA) is 47.9 Å². The van der Waals surface area contributed by atoms with Crippen molar-refractivity contribution in [1.82, 2.24) is 0 Å². The van der Waals surface area contributed by atoms with Gasteiger partial charge in [0.2, 0.25) is 5.90 Å². The van der Waals surface area contributed by atoms with Crippen molar-refractivity contribution in [3.63, 3.8) is 0 Å². The van der Waals surface area contributed by atoms with E-state index in [1.165, 1.54) is 0 Å². The van der Waals surface area contributed by atoms with E-state index in [-0.39, 0.29) is 5.70 Å². The first kappa shape index (κ1) is 16.3. The Bertz CT molecular complexity index is 838. The van der Waals surface area contributed by atoms with Crippen LogP contribution in [0.3, 0.4) is 0 Å². The van der Waals surface area contributed by atoms with E-state index in [1.807, 2.05) is 37.3 Å². The number of benzene rings is 2. The highest BCUT2D eigenvalue weighted by atomic mass is 35.5. The number of hydrogen-bond donors (Lipinski definition) is 0. The van der Waals surface area contributed by atoms with Crippen LogP contribution in [-0.2, 0) is 16.0 Å². The molecule has 4 nitrogen and oxygen atoms in total. The van der Waals surface area contributed by atoms with Crippen molar-refractivity contribution in [3.05, 3.63) is 69.9 Å². The summed E-state index contributed by atoms with van der Waals surface area (Å²) < 4.78 is 10.6. The zero-order valence-electron chi connectivity index (χ0n) is 13.4. The molecule has 2 aromatic rings. The van der Waals surface area contributed by atoms with Crippen molar-refractivity contribution >= 4 is 29.5 Å². The lowest BCUT2D eigenvalue weighted by atomic mass is 10.1. The molecule has 24 heavy (non-hydrogen) atoms. The van der Waals surface area contributed by atoms with Crippen LogP contribution in [0.5, 0.6) is 5.75 Å². The zero-order valence-corrected chi connectivity index (χ0v) is 14.1. The summed E-state index contributed by atoms with van der Waals surface area (Å²) in [4.78, 5) is 16.4. The summed E-state index contributed by atoms with van der Waals surface area (Å²) in [6.45, 7) is 1.98. The van der Waals surface area contributed by atoms with E-state index in [2.05, 4.69) is 4.99 Å². The third-order valence-electron chi connectivity index (χ3n) is 3.61. The van der Waals surface area contributed by atoms with E-state index in [4.69, 9.17) is 21.1 Å². The molecule has 122 valence electrons. The number of carbonyl (C=O) groups excluding carboxylic acids is 1. The van der Waals surface area contributed by atoms with Gasteiger partial charge in [-0.3, -0.25) is 0 Å². The summed E-state index contributed by atoms with van der Waals surface area (Å²) in [6, 6.07) is 13.1. The van der Waals surface area contributed by atoms with Crippen LogP contribution in [0.1, 0.15) is 16.7 Å². The van der Waals surface area contributed by atoms with Crippen molar-refractivity contribution in [1.29, 1.82) is 0 Å². The van der Waals surface area contributed by atoms with Crippen molar-refractivity contribution in [3.8, 4) is 5.75 Å². The SMILES string of the molecule is COc1ccc(C)cc1/C=C1/N=C(Cc2ccc(Cl)cc2)OC1=O. The molecule has 1 heterocycles. The average Bonchev–Trinajstić information content (AvgIpc) is 2.89. The minimum absolute atomic E-state index is 0.267. The van der Waals surface area contributed by atoms with Crippen molar-refractivity contribution in [2.24, 2.45) is 4.99 Å². The predicted octanol–water partition coefficient (Wildman–Crippen LogP) is 4.20. The van der Waals surface area contributed by atoms with Gasteiger partial charge in [0.15, 0.2) is 5.70 Å². The summed E-state index contributed by atoms with van der Waals surface area (Å²) in [5.41, 5.74) is 3.10. The average molecular weight is 342 g/mol. The van der Waals surface area contributed by atoms with Crippen molar-refractivity contribution < 1.29 is 14.3 Å². The smallest absolute Gasteiger partial charge is 0.363 e. The maximum atomic E-state index is 12.1. The number of ether oxygens (including phenoxy) is 2. The van der Waals surface area contributed by atoms with Crippen molar-refractivity contribution in [2.75, 3.05) is 7.11 Å². The highest BCUT2D eigenvalue weighted by molar-refractivity contribution is 6.30. The molecule has 0 fully saturated rings. The lowest BCUT2D eigenvalue weighted by Gasteiger charge is -2.05. The van der Waals surface area contributed by atoms with E-state index in [0.717, 1.165) is 16.7 Å². The number of aliphatic imine (C=N–C) groups is 1. The minimum atomic E-state index is -0.456. The lowest BCUT2D eigenvalue weighted by molar-refractivity contribution is -0.130. The first-order chi connectivity index (χ1) is 11.5. The Morgan fingerprint density at radius 3 is 2.67 bits per heavy atom. The van der Waals surface area contributed by atoms with E-state index in [0.29, 0.717) is 23.1 Å². The van der Waals surface area contributed by atoms with Gasteiger partial charge in [-0.2, -0.15) is 0 Å². The van der Waals surface area contributed by atoms with Gasteiger partial charge < -0.3 is 9.47 Å². The number of esters is 1. The first-order valence-electron chi connectivity index (χ1n) is 7.45. The lowest BCUT2D eigenvalue weighted by Crippen LogP contribution is -2.06. The second-order valence-corrected chi connectivity index (χ2v) is 5.91. The van der Waals surface area contributed by atoms with Gasteiger partial charge in [-0.1, -0.05) is 35.4 Å². The number of hydrogen-bond acceptors (Lipinski definition) is 4. The second kappa shape index (κ2) is 6.89. The molecule has 0 aromatic heterocycles. The van der Waals surface area contributed by atoms with Gasteiger partial charge in [0.1, 0.15) is 5.75 Å². The molecule has 1 aliphatic rings. The molecule has 0 unspecified atom stereocenters. The van der Waals surface area contributed by atoms with Gasteiger partial charge in [0.05, 0.1) is 7.11 Å². The van der Waals surface area contributed by atoms with Gasteiger partial charge in [-0.15, -0.1) is 0 Å². The number of halogens is 1. The number of aryl methyl sites for hydroxylation is 1. The van der Waals surface area contributed by atoms with E-state index in [1.54, 1.807) is 25.3 Å². The number of rotatable bonds is 4. The molecule has 3 rings (SSSR count). The maximum Gasteiger partial charge on any atom is 0.363 e. The minimum Gasteiger partial charge on any atom is -0.496 e. The van der Waals surface area contributed by atoms with Crippen LogP contribution >= 0.6 is 11.6 Å². The number of methoxy groups -OCH3 is 1. The largest absolute Gasteiger partial charge is 0.496 e. The molecule has 0 bridgehead atoms. The fraction of sp³-hybridized carbons (Fsp3) is 0.158. The quantitative estimate of drug-likeness (QED) is 0.618. The fourth-order valence-electron chi connectivity index (χ4n) is 2.42. The van der Waals surface area contributed by atoms with Crippen molar-refractivity contribution in [2.45, 2.75) is 13.3 Å². The highest BCUT2D eigenvalue weighted by Crippen LogP contribution is 2.25. The summed E-state index contributed by atoms with van der Waals surface area (Å²) in [7, 11) is 1.59. The Morgan fingerprint density at radius 2 is 1.96 bits per heavy atom. The van der Waals surface area contributed by atoms with Gasteiger partial charge in [0.25, 0.3) is 0 Å². The Kier molecular flexibility index (Phi) is 4.67. The summed E-state index contributed by atoms with van der Waals surface area (Å²) in [5, 5.41) is 0.663. The molecule has 0 aliphatic carbocycles. The van der Waals surface area contributed by atoms with Crippen LogP contribution < -0.4 is 4.74 Å². The highest BCUT2D eigenvalue weighted by Gasteiger charge is 2.23. The van der Waals surface area contributed by atoms with E-state index < -0.39 is 5.97 Å². The predicted molar refractivity (Wildman–Crippen MR) is 94.4 cm³/mol. The second-order valence-electron chi connectivity index (χ2n) is 5.47. The van der Waals surface area contributed by atoms with Crippen LogP contribution in [0, 0.1) is 6.92 Å². The van der Waals surface area contributed by atoms with Crippen LogP contribution in [0.2, 0.25) is 5.02 Å². The van der Waals surface area contributed by atoms with Crippen LogP contribution in [0.4, 0.5) is 0 Å². The van der Waals surface area contributed by atoms with Crippen LogP contribution in [0.15, 0.2) is 53.2 Å². The summed E-state index contributed by atoms with van der Waals surface area (Å²) in [5.74, 6) is 0.602. The molecule has 0 saturated carbocycles. The molecule has 0 spiro atoms. The molecule has 0 radical (unpaired) electrons. The molecular formula is C19H16ClNO3. The number of carbonyl (C=O) groups is 1. The zero-order chi connectivity index (χ0) is 17.1. The monoisotopic (exact) mass is 341 g/mol. The van der Waals surface area contributed by atoms with Gasteiger partial charge in [0, 0.05) is 17.0 Å². The van der Waals surface area contributed by atoms with E-state index >= 15 is 0 Å². The molecule has 0 saturated heterocycles. The number of nitrogens with zero attached hydrogens (tertiary/aromatic N) is 1. The first-order valence-corrected chi connectivity index (χ1v) is 7.83.